The number of nitrogens with zero attached hydrogens (tertiary/aromatic N) is 2. The minimum Gasteiger partial charge on any atom is -0.314 e. The second kappa shape index (κ2) is 13.0. The molecule has 0 aliphatic heterocycles. The molecule has 1 aromatic heterocycles. The normalized spacial score (nSPS) is 26.0. The Labute approximate surface area is 324 Å². The monoisotopic (exact) mass is 708 g/mol. The van der Waals surface area contributed by atoms with E-state index < -0.39 is 0 Å². The minimum absolute atomic E-state index is 0.182. The first-order valence-corrected chi connectivity index (χ1v) is 20.1. The molecule has 0 amide bonds. The van der Waals surface area contributed by atoms with Gasteiger partial charge in [-0.1, -0.05) is 146 Å². The van der Waals surface area contributed by atoms with Crippen molar-refractivity contribution >= 4 is 38.8 Å². The van der Waals surface area contributed by atoms with Gasteiger partial charge in [0.15, 0.2) is 0 Å². The fourth-order valence-electron chi connectivity index (χ4n) is 9.53. The Bertz CT molecular complexity index is 2630. The quantitative estimate of drug-likeness (QED) is 0.186. The van der Waals surface area contributed by atoms with Crippen molar-refractivity contribution in [2.24, 2.45) is 23.2 Å². The van der Waals surface area contributed by atoms with E-state index in [2.05, 4.69) is 198 Å². The fraction of sp³-hybridized carbons (Fsp3) is 0.170. The van der Waals surface area contributed by atoms with Crippen LogP contribution in [0.1, 0.15) is 37.7 Å². The summed E-state index contributed by atoms with van der Waals surface area (Å²) in [7, 11) is 0. The molecule has 2 saturated carbocycles. The van der Waals surface area contributed by atoms with Gasteiger partial charge in [-0.25, -0.2) is 0 Å². The average Bonchev–Trinajstić information content (AvgIpc) is 4.14. The van der Waals surface area contributed by atoms with Crippen molar-refractivity contribution in [3.63, 3.8) is 0 Å². The van der Waals surface area contributed by atoms with Crippen LogP contribution < -0.4 is 4.90 Å². The Balaban J connectivity index is 0.914. The molecule has 7 aliphatic rings. The van der Waals surface area contributed by atoms with Crippen molar-refractivity contribution in [2.45, 2.75) is 32.1 Å². The summed E-state index contributed by atoms with van der Waals surface area (Å²) in [4.78, 5) is 2.49. The lowest BCUT2D eigenvalue weighted by Crippen LogP contribution is -2.20. The van der Waals surface area contributed by atoms with E-state index in [9.17, 15) is 0 Å². The Kier molecular flexibility index (Phi) is 7.65. The Morgan fingerprint density at radius 2 is 1.45 bits per heavy atom. The Hall–Kier alpha value is -6.12. The second-order valence-corrected chi connectivity index (χ2v) is 16.0. The zero-order valence-electron chi connectivity index (χ0n) is 31.1. The molecule has 266 valence electrons. The highest BCUT2D eigenvalue weighted by molar-refractivity contribution is 6.10. The standard InChI is InChI=1S/C53H44N2/c1-3-19-51-49(17-1)50-18-2-4-20-52(50)55(51)47-15-8-11-38(24-29-47)37-10-7-14-45(28-23-37)54(48-30-25-39(26-31-48)40-21-22-41-35-42(41)34-40)46-16-9-13-43(27-32-46)53-33-6-5-12-44(53)36-53/h1-7,10-13,15-34,41-42,44H,8-9,14,35-36H2. The number of benzene rings is 3. The van der Waals surface area contributed by atoms with Crippen molar-refractivity contribution in [1.29, 1.82) is 0 Å². The molecule has 0 bridgehead atoms. The number of rotatable bonds is 7. The van der Waals surface area contributed by atoms with Crippen LogP contribution in [0.2, 0.25) is 0 Å². The highest BCUT2D eigenvalue weighted by atomic mass is 15.2. The molecule has 2 fully saturated rings. The van der Waals surface area contributed by atoms with E-state index in [0.717, 1.165) is 31.1 Å². The van der Waals surface area contributed by atoms with Gasteiger partial charge >= 0.3 is 0 Å². The molecule has 1 heterocycles. The molecule has 2 heteroatoms. The van der Waals surface area contributed by atoms with Crippen molar-refractivity contribution in [3.05, 3.63) is 222 Å². The van der Waals surface area contributed by atoms with Gasteiger partial charge in [0, 0.05) is 45.4 Å². The predicted octanol–water partition coefficient (Wildman–Crippen LogP) is 13.3. The SMILES string of the molecule is C1=CC2CC2(C2=CCC=C(N(C3=CC=C(C4=CCC=C(n5c6ccccc6c6ccccc65)C=C4)C=CC3)c3ccc(C4=CC5CC5C=C4)cc3)C=C2)C=C1. The van der Waals surface area contributed by atoms with E-state index >= 15 is 0 Å². The largest absolute Gasteiger partial charge is 0.314 e. The summed E-state index contributed by atoms with van der Waals surface area (Å²) >= 11 is 0. The number of anilines is 1. The first-order chi connectivity index (χ1) is 27.2. The lowest BCUT2D eigenvalue weighted by atomic mass is 9.89. The molecule has 4 atom stereocenters. The zero-order valence-corrected chi connectivity index (χ0v) is 31.1. The summed E-state index contributed by atoms with van der Waals surface area (Å²) in [5, 5.41) is 2.58. The van der Waals surface area contributed by atoms with E-state index in [1.807, 2.05) is 0 Å². The summed E-state index contributed by atoms with van der Waals surface area (Å²) in [6, 6.07) is 26.8. The van der Waals surface area contributed by atoms with E-state index in [1.54, 1.807) is 0 Å². The fourth-order valence-corrected chi connectivity index (χ4v) is 9.53. The minimum atomic E-state index is 0.182. The number of aromatic nitrogens is 1. The van der Waals surface area contributed by atoms with E-state index in [1.165, 1.54) is 85.3 Å². The molecule has 7 aliphatic carbocycles. The summed E-state index contributed by atoms with van der Waals surface area (Å²) in [6.07, 6.45) is 49.9. The third kappa shape index (κ3) is 5.71. The third-order valence-electron chi connectivity index (χ3n) is 12.7. The first kappa shape index (κ1) is 32.3. The number of allylic oxidation sites excluding steroid dienone is 24. The van der Waals surface area contributed by atoms with Crippen LogP contribution in [0.4, 0.5) is 5.69 Å². The highest BCUT2D eigenvalue weighted by Crippen LogP contribution is 2.61. The van der Waals surface area contributed by atoms with Crippen molar-refractivity contribution < 1.29 is 0 Å². The van der Waals surface area contributed by atoms with Crippen LogP contribution in [-0.4, -0.2) is 4.57 Å². The smallest absolute Gasteiger partial charge is 0.0540 e. The van der Waals surface area contributed by atoms with Crippen LogP contribution in [-0.2, 0) is 0 Å². The third-order valence-corrected chi connectivity index (χ3v) is 12.7. The van der Waals surface area contributed by atoms with Gasteiger partial charge in [-0.15, -0.1) is 0 Å². The second-order valence-electron chi connectivity index (χ2n) is 16.0. The number of fused-ring (bicyclic) bond motifs is 5. The van der Waals surface area contributed by atoms with Crippen LogP contribution in [0.5, 0.6) is 0 Å². The van der Waals surface area contributed by atoms with Gasteiger partial charge in [-0.3, -0.25) is 0 Å². The van der Waals surface area contributed by atoms with Crippen molar-refractivity contribution in [3.8, 4) is 0 Å². The van der Waals surface area contributed by atoms with Crippen LogP contribution in [0.3, 0.4) is 0 Å². The summed E-state index contributed by atoms with van der Waals surface area (Å²) in [5.74, 6) is 2.14. The van der Waals surface area contributed by atoms with Gasteiger partial charge in [-0.05, 0) is 114 Å². The lowest BCUT2D eigenvalue weighted by Gasteiger charge is -2.28. The molecule has 11 rings (SSSR count). The van der Waals surface area contributed by atoms with Gasteiger partial charge in [-0.2, -0.15) is 0 Å². The molecule has 2 nitrogen and oxygen atoms in total. The van der Waals surface area contributed by atoms with E-state index in [-0.39, 0.29) is 5.41 Å². The molecule has 4 unspecified atom stereocenters. The van der Waals surface area contributed by atoms with Crippen LogP contribution in [0, 0.1) is 23.2 Å². The zero-order chi connectivity index (χ0) is 36.3. The molecule has 0 N–H and O–H groups in total. The Morgan fingerprint density at radius 1 is 0.636 bits per heavy atom. The molecule has 0 spiro atoms. The van der Waals surface area contributed by atoms with E-state index in [0.29, 0.717) is 5.92 Å². The van der Waals surface area contributed by atoms with Crippen molar-refractivity contribution in [2.75, 3.05) is 4.90 Å². The van der Waals surface area contributed by atoms with Gasteiger partial charge in [0.05, 0.1) is 11.0 Å². The number of hydrogen-bond acceptors (Lipinski definition) is 1. The molecule has 55 heavy (non-hydrogen) atoms. The van der Waals surface area contributed by atoms with Gasteiger partial charge < -0.3 is 9.47 Å². The maximum Gasteiger partial charge on any atom is 0.0540 e. The Morgan fingerprint density at radius 3 is 2.27 bits per heavy atom. The van der Waals surface area contributed by atoms with Gasteiger partial charge in [0.25, 0.3) is 0 Å². The predicted molar refractivity (Wildman–Crippen MR) is 232 cm³/mol. The van der Waals surface area contributed by atoms with Gasteiger partial charge in [0.1, 0.15) is 0 Å². The lowest BCUT2D eigenvalue weighted by molar-refractivity contribution is 0.742. The van der Waals surface area contributed by atoms with Crippen LogP contribution in [0.25, 0.3) is 33.1 Å². The van der Waals surface area contributed by atoms with Crippen LogP contribution >= 0.6 is 0 Å². The van der Waals surface area contributed by atoms with E-state index in [4.69, 9.17) is 0 Å². The van der Waals surface area contributed by atoms with Crippen molar-refractivity contribution in [1.82, 2.24) is 4.57 Å². The molecule has 3 aromatic carbocycles. The number of hydrogen-bond donors (Lipinski definition) is 0. The molecular formula is C53H44N2. The van der Waals surface area contributed by atoms with Gasteiger partial charge in [0.2, 0.25) is 0 Å². The van der Waals surface area contributed by atoms with Crippen LogP contribution in [0.15, 0.2) is 216 Å². The first-order valence-electron chi connectivity index (χ1n) is 20.1. The molecular weight excluding hydrogens is 665 g/mol. The average molecular weight is 709 g/mol. The summed E-state index contributed by atoms with van der Waals surface area (Å²) in [5.41, 5.74) is 14.2. The maximum absolute atomic E-state index is 2.49. The maximum atomic E-state index is 2.49. The highest BCUT2D eigenvalue weighted by Gasteiger charge is 2.53. The topological polar surface area (TPSA) is 8.17 Å². The number of para-hydroxylation sites is 2. The summed E-state index contributed by atoms with van der Waals surface area (Å²) < 4.78 is 2.42. The molecule has 0 radical (unpaired) electrons. The molecule has 4 aromatic rings. The molecule has 0 saturated heterocycles. The summed E-state index contributed by atoms with van der Waals surface area (Å²) in [6.45, 7) is 0.